The smallest absolute Gasteiger partial charge is 0.381 e. The molecule has 0 saturated heterocycles. The van der Waals surface area contributed by atoms with Crippen LogP contribution in [0.4, 0.5) is 24.8 Å². The minimum Gasteiger partial charge on any atom is -0.381 e. The highest BCUT2D eigenvalue weighted by Gasteiger charge is 2.31. The van der Waals surface area contributed by atoms with Gasteiger partial charge in [0, 0.05) is 48.2 Å². The Balaban J connectivity index is 1.50. The minimum atomic E-state index is -4.38. The van der Waals surface area contributed by atoms with Crippen molar-refractivity contribution in [3.8, 4) is 22.5 Å². The van der Waals surface area contributed by atoms with Crippen LogP contribution < -0.4 is 11.1 Å². The second-order valence-electron chi connectivity index (χ2n) is 8.12. The van der Waals surface area contributed by atoms with E-state index in [4.69, 9.17) is 22.3 Å². The topological polar surface area (TPSA) is 81.7 Å². The van der Waals surface area contributed by atoms with Gasteiger partial charge in [0.1, 0.15) is 0 Å². The van der Waals surface area contributed by atoms with Crippen molar-refractivity contribution in [2.45, 2.75) is 12.7 Å². The molecular weight excluding hydrogens is 489 g/mol. The van der Waals surface area contributed by atoms with E-state index in [2.05, 4.69) is 15.3 Å². The molecule has 182 valence electrons. The molecule has 6 nitrogen and oxygen atoms in total. The fourth-order valence-electron chi connectivity index (χ4n) is 3.91. The molecule has 0 unspecified atom stereocenters. The first-order valence-corrected chi connectivity index (χ1v) is 11.4. The highest BCUT2D eigenvalue weighted by atomic mass is 35.5. The van der Waals surface area contributed by atoms with Crippen LogP contribution >= 0.6 is 11.6 Å². The number of aromatic nitrogens is 4. The number of fused-ring (bicyclic) bond motifs is 1. The van der Waals surface area contributed by atoms with E-state index >= 15 is 0 Å². The average molecular weight is 509 g/mol. The summed E-state index contributed by atoms with van der Waals surface area (Å²) in [5, 5.41) is 4.43. The zero-order valence-electron chi connectivity index (χ0n) is 18.8. The molecule has 0 atom stereocenters. The van der Waals surface area contributed by atoms with Gasteiger partial charge in [-0.1, -0.05) is 48.0 Å². The highest BCUT2D eigenvalue weighted by molar-refractivity contribution is 6.35. The number of nitrogens with two attached hydrogens (primary N) is 1. The molecule has 0 saturated carbocycles. The lowest BCUT2D eigenvalue weighted by Gasteiger charge is -2.15. The van der Waals surface area contributed by atoms with E-state index in [1.54, 1.807) is 12.3 Å². The van der Waals surface area contributed by atoms with E-state index < -0.39 is 11.7 Å². The van der Waals surface area contributed by atoms with Crippen LogP contribution in [0.2, 0.25) is 5.02 Å². The number of hydrogen-bond donors (Lipinski definition) is 2. The maximum absolute atomic E-state index is 12.9. The Morgan fingerprint density at radius 1 is 0.944 bits per heavy atom. The molecule has 0 radical (unpaired) electrons. The van der Waals surface area contributed by atoms with E-state index in [0.717, 1.165) is 28.8 Å². The molecule has 5 aromatic rings. The molecule has 0 fully saturated rings. The van der Waals surface area contributed by atoms with E-state index in [1.165, 1.54) is 10.8 Å². The zero-order chi connectivity index (χ0) is 25.3. The van der Waals surface area contributed by atoms with E-state index in [0.29, 0.717) is 27.7 Å². The van der Waals surface area contributed by atoms with Crippen LogP contribution in [0.3, 0.4) is 0 Å². The fraction of sp³-hybridized carbons (Fsp3) is 0.115. The second-order valence-corrected chi connectivity index (χ2v) is 8.52. The standard InChI is InChI=1S/C26H20ClF3N6/c27-20-14-18(13-17-7-4-9-32-21(17)20)23-22(16-5-2-1-3-6-16)34-24(31)25(35-23)33-10-12-36-11-8-19(15-36)26(28,29)30/h1-9,11,13-15H,10,12H2,(H2,31,34)(H,33,35). The van der Waals surface area contributed by atoms with Crippen LogP contribution in [0.1, 0.15) is 5.56 Å². The predicted octanol–water partition coefficient (Wildman–Crippen LogP) is 6.53. The number of nitrogens with one attached hydrogen (secondary N) is 1. The van der Waals surface area contributed by atoms with Crippen molar-refractivity contribution in [2.75, 3.05) is 17.6 Å². The largest absolute Gasteiger partial charge is 0.417 e. The second kappa shape index (κ2) is 9.50. The number of pyridine rings is 1. The van der Waals surface area contributed by atoms with Gasteiger partial charge in [-0.15, -0.1) is 0 Å². The Kier molecular flexibility index (Phi) is 6.24. The van der Waals surface area contributed by atoms with Gasteiger partial charge in [0.2, 0.25) is 0 Å². The number of nitrogens with zero attached hydrogens (tertiary/aromatic N) is 4. The number of nitrogen functional groups attached to an aromatic ring is 1. The van der Waals surface area contributed by atoms with Crippen molar-refractivity contribution in [1.29, 1.82) is 0 Å². The molecule has 3 N–H and O–H groups in total. The van der Waals surface area contributed by atoms with Gasteiger partial charge in [-0.3, -0.25) is 4.98 Å². The van der Waals surface area contributed by atoms with Gasteiger partial charge < -0.3 is 15.6 Å². The van der Waals surface area contributed by atoms with Crippen molar-refractivity contribution >= 4 is 34.1 Å². The lowest BCUT2D eigenvalue weighted by atomic mass is 10.0. The molecule has 5 rings (SSSR count). The third kappa shape index (κ3) is 4.83. The maximum atomic E-state index is 12.9. The third-order valence-corrected chi connectivity index (χ3v) is 5.93. The molecule has 36 heavy (non-hydrogen) atoms. The maximum Gasteiger partial charge on any atom is 0.417 e. The highest BCUT2D eigenvalue weighted by Crippen LogP contribution is 2.36. The molecule has 10 heteroatoms. The van der Waals surface area contributed by atoms with Crippen LogP contribution in [0.5, 0.6) is 0 Å². The Morgan fingerprint density at radius 3 is 2.47 bits per heavy atom. The van der Waals surface area contributed by atoms with Gasteiger partial charge in [0.25, 0.3) is 0 Å². The molecule has 0 aliphatic heterocycles. The summed E-state index contributed by atoms with van der Waals surface area (Å²) in [6.07, 6.45) is -0.259. The molecule has 0 aliphatic carbocycles. The number of hydrogen-bond acceptors (Lipinski definition) is 5. The van der Waals surface area contributed by atoms with E-state index in [-0.39, 0.29) is 18.9 Å². The normalized spacial score (nSPS) is 11.7. The summed E-state index contributed by atoms with van der Waals surface area (Å²) in [4.78, 5) is 13.7. The summed E-state index contributed by atoms with van der Waals surface area (Å²) in [6.45, 7) is 0.567. The molecular formula is C26H20ClF3N6. The minimum absolute atomic E-state index is 0.176. The Bertz CT molecular complexity index is 1530. The fourth-order valence-corrected chi connectivity index (χ4v) is 4.19. The summed E-state index contributed by atoms with van der Waals surface area (Å²) < 4.78 is 40.1. The molecule has 0 amide bonds. The van der Waals surface area contributed by atoms with Gasteiger partial charge in [-0.2, -0.15) is 13.2 Å². The molecule has 2 aromatic carbocycles. The van der Waals surface area contributed by atoms with Gasteiger partial charge in [0.15, 0.2) is 11.6 Å². The Hall–Kier alpha value is -4.11. The lowest BCUT2D eigenvalue weighted by molar-refractivity contribution is -0.137. The first-order chi connectivity index (χ1) is 17.3. The van der Waals surface area contributed by atoms with Gasteiger partial charge in [-0.05, 0) is 24.3 Å². The first kappa shape index (κ1) is 23.6. The molecule has 0 spiro atoms. The van der Waals surface area contributed by atoms with Gasteiger partial charge >= 0.3 is 6.18 Å². The SMILES string of the molecule is Nc1nc(-c2ccccc2)c(-c2cc(Cl)c3ncccc3c2)nc1NCCn1ccc(C(F)(F)F)c1. The van der Waals surface area contributed by atoms with Crippen LogP contribution in [0, 0.1) is 0 Å². The van der Waals surface area contributed by atoms with Crippen LogP contribution in [-0.4, -0.2) is 26.1 Å². The molecule has 3 aromatic heterocycles. The average Bonchev–Trinajstić information content (AvgIpc) is 3.35. The molecule has 3 heterocycles. The summed E-state index contributed by atoms with van der Waals surface area (Å²) in [7, 11) is 0. The summed E-state index contributed by atoms with van der Waals surface area (Å²) in [5.74, 6) is 0.505. The van der Waals surface area contributed by atoms with Crippen LogP contribution in [-0.2, 0) is 12.7 Å². The number of anilines is 2. The van der Waals surface area contributed by atoms with E-state index in [1.807, 2.05) is 48.5 Å². The Labute approximate surface area is 209 Å². The van der Waals surface area contributed by atoms with Crippen molar-refractivity contribution in [2.24, 2.45) is 0 Å². The summed E-state index contributed by atoms with van der Waals surface area (Å²) in [5.41, 5.74) is 8.92. The van der Waals surface area contributed by atoms with Crippen molar-refractivity contribution in [1.82, 2.24) is 19.5 Å². The number of benzene rings is 2. The quantitative estimate of drug-likeness (QED) is 0.272. The van der Waals surface area contributed by atoms with Crippen LogP contribution in [0.25, 0.3) is 33.4 Å². The molecule has 0 aliphatic rings. The number of rotatable bonds is 6. The van der Waals surface area contributed by atoms with Crippen molar-refractivity contribution < 1.29 is 13.2 Å². The predicted molar refractivity (Wildman–Crippen MR) is 136 cm³/mol. The summed E-state index contributed by atoms with van der Waals surface area (Å²) in [6, 6.07) is 18.0. The van der Waals surface area contributed by atoms with Crippen molar-refractivity contribution in [3.05, 3.63) is 89.8 Å². The van der Waals surface area contributed by atoms with E-state index in [9.17, 15) is 13.2 Å². The third-order valence-electron chi connectivity index (χ3n) is 5.64. The zero-order valence-corrected chi connectivity index (χ0v) is 19.6. The van der Waals surface area contributed by atoms with Crippen molar-refractivity contribution in [3.63, 3.8) is 0 Å². The first-order valence-electron chi connectivity index (χ1n) is 11.0. The monoisotopic (exact) mass is 508 g/mol. The molecule has 0 bridgehead atoms. The number of halogens is 4. The Morgan fingerprint density at radius 2 is 1.72 bits per heavy atom. The van der Waals surface area contributed by atoms with Gasteiger partial charge in [0.05, 0.1) is 27.5 Å². The summed E-state index contributed by atoms with van der Waals surface area (Å²) >= 11 is 6.53. The van der Waals surface area contributed by atoms with Crippen LogP contribution in [0.15, 0.2) is 79.3 Å². The lowest BCUT2D eigenvalue weighted by Crippen LogP contribution is -2.13. The van der Waals surface area contributed by atoms with Gasteiger partial charge in [-0.25, -0.2) is 9.97 Å². The number of alkyl halides is 3.